The smallest absolute Gasteiger partial charge is 0.303 e. The topological polar surface area (TPSA) is 261 Å². The average Bonchev–Trinajstić information content (AvgIpc) is 3.02. The number of carbonyl (C=O) groups excluding carboxylic acids is 8. The van der Waals surface area contributed by atoms with E-state index in [9.17, 15) is 43.5 Å². The summed E-state index contributed by atoms with van der Waals surface area (Å²) in [5.41, 5.74) is -0.648. The number of Topliss-reactive ketones (excluding diaryl/α,β-unsaturated/α-hetero) is 1. The number of aliphatic hydroxyl groups is 1. The van der Waals surface area contributed by atoms with Crippen molar-refractivity contribution in [2.75, 3.05) is 13.2 Å². The van der Waals surface area contributed by atoms with E-state index in [1.807, 2.05) is 0 Å². The summed E-state index contributed by atoms with van der Waals surface area (Å²) in [6, 6.07) is 0. The van der Waals surface area contributed by atoms with Crippen LogP contribution in [0.2, 0.25) is 0 Å². The van der Waals surface area contributed by atoms with Crippen molar-refractivity contribution in [1.29, 1.82) is 0 Å². The summed E-state index contributed by atoms with van der Waals surface area (Å²) in [5, 5.41) is 10.9. The molecule has 56 heavy (non-hydrogen) atoms. The monoisotopic (exact) mass is 799 g/mol. The predicted octanol–water partition coefficient (Wildman–Crippen LogP) is 1.27. The molecule has 0 unspecified atom stereocenters. The molecule has 1 aliphatic carbocycles. The number of carbonyl (C=O) groups is 8. The molecule has 0 aromatic rings. The third kappa shape index (κ3) is 12.5. The highest BCUT2D eigenvalue weighted by Crippen LogP contribution is 2.38. The van der Waals surface area contributed by atoms with Crippen LogP contribution >= 0.6 is 0 Å². The van der Waals surface area contributed by atoms with Gasteiger partial charge < -0.3 is 52.5 Å². The van der Waals surface area contributed by atoms with Gasteiger partial charge in [-0.25, -0.2) is 0 Å². The first kappa shape index (κ1) is 45.4. The predicted molar refractivity (Wildman–Crippen MR) is 184 cm³/mol. The van der Waals surface area contributed by atoms with Gasteiger partial charge in [-0.2, -0.15) is 0 Å². The maximum Gasteiger partial charge on any atom is 0.303 e. The van der Waals surface area contributed by atoms with Crippen LogP contribution in [0.5, 0.6) is 0 Å². The molecule has 20 nitrogen and oxygen atoms in total. The molecule has 2 fully saturated rings. The number of ketones is 1. The van der Waals surface area contributed by atoms with Gasteiger partial charge in [0.05, 0.1) is 5.57 Å². The highest BCUT2D eigenvalue weighted by atomic mass is 16.8. The maximum atomic E-state index is 13.2. The van der Waals surface area contributed by atoms with Crippen molar-refractivity contribution in [3.63, 3.8) is 0 Å². The van der Waals surface area contributed by atoms with Crippen LogP contribution in [0, 0.1) is 5.41 Å². The van der Waals surface area contributed by atoms with Crippen molar-refractivity contribution in [3.8, 4) is 0 Å². The van der Waals surface area contributed by atoms with E-state index in [2.05, 4.69) is 4.99 Å². The molecule has 0 aromatic carbocycles. The first-order chi connectivity index (χ1) is 26.0. The van der Waals surface area contributed by atoms with Crippen LogP contribution in [0.15, 0.2) is 16.3 Å². The summed E-state index contributed by atoms with van der Waals surface area (Å²) in [7, 11) is 0. The number of allylic oxidation sites excluding steroid dienone is 2. The van der Waals surface area contributed by atoms with Crippen LogP contribution in [0.25, 0.3) is 0 Å². The summed E-state index contributed by atoms with van der Waals surface area (Å²) in [6.45, 7) is 11.1. The van der Waals surface area contributed by atoms with Crippen molar-refractivity contribution in [2.45, 2.75) is 143 Å². The Balaban J connectivity index is 2.23. The minimum Gasteiger partial charge on any atom is -0.511 e. The van der Waals surface area contributed by atoms with Crippen molar-refractivity contribution >= 4 is 53.3 Å². The number of aliphatic imine (C=N–C) groups is 1. The molecule has 0 bridgehead atoms. The Labute approximate surface area is 322 Å². The van der Waals surface area contributed by atoms with E-state index in [-0.39, 0.29) is 29.9 Å². The summed E-state index contributed by atoms with van der Waals surface area (Å²) >= 11 is 0. The molecule has 0 spiro atoms. The molecule has 1 N–H and O–H groups in total. The highest BCUT2D eigenvalue weighted by molar-refractivity contribution is 6.22. The van der Waals surface area contributed by atoms with Crippen LogP contribution in [-0.2, 0) is 85.7 Å². The Bertz CT molecular complexity index is 1620. The van der Waals surface area contributed by atoms with E-state index in [1.165, 1.54) is 6.92 Å². The van der Waals surface area contributed by atoms with Gasteiger partial charge in [-0.15, -0.1) is 0 Å². The van der Waals surface area contributed by atoms with E-state index in [0.29, 0.717) is 0 Å². The number of rotatable bonds is 13. The van der Waals surface area contributed by atoms with Crippen LogP contribution in [0.1, 0.15) is 82.1 Å². The Kier molecular flexibility index (Phi) is 15.6. The van der Waals surface area contributed by atoms with Crippen molar-refractivity contribution < 1.29 is 90.8 Å². The summed E-state index contributed by atoms with van der Waals surface area (Å²) in [4.78, 5) is 104. The lowest BCUT2D eigenvalue weighted by Gasteiger charge is -2.48. The normalized spacial score (nSPS) is 30.3. The largest absolute Gasteiger partial charge is 0.511 e. The third-order valence-electron chi connectivity index (χ3n) is 8.44. The fourth-order valence-electron chi connectivity index (χ4n) is 6.55. The standard InChI is InChI=1S/C36H49NO19/c1-15(27-23(45)11-36(9,10)12-24(27)46)37-34-32(52-21(7)43)30(50-19(5)41)29(25(54-34)13-47-16(2)38)56-35-33(53-22(8)44)31(51-20(6)42)28(49-18(4)40)26(55-35)14-48-17(3)39/h25-26,28-35,45H,11-14H2,1-10H3/t25-,26-,28+,29-,30+,31+,32-,33-,34-,35-/m1/s1. The van der Waals surface area contributed by atoms with Gasteiger partial charge in [0.2, 0.25) is 0 Å². The molecule has 2 heterocycles. The van der Waals surface area contributed by atoms with Gasteiger partial charge in [-0.1, -0.05) is 13.8 Å². The second-order valence-electron chi connectivity index (χ2n) is 14.2. The summed E-state index contributed by atoms with van der Waals surface area (Å²) in [6.07, 6.45) is -16.1. The Morgan fingerprint density at radius 1 is 0.607 bits per heavy atom. The van der Waals surface area contributed by atoms with Gasteiger partial charge in [-0.05, 0) is 12.3 Å². The third-order valence-corrected chi connectivity index (χ3v) is 8.44. The molecule has 0 radical (unpaired) electrons. The van der Waals surface area contributed by atoms with Crippen molar-refractivity contribution in [2.24, 2.45) is 10.4 Å². The Morgan fingerprint density at radius 3 is 1.50 bits per heavy atom. The fourth-order valence-corrected chi connectivity index (χ4v) is 6.55. The Hall–Kier alpha value is -4.95. The molecule has 0 saturated carbocycles. The first-order valence-electron chi connectivity index (χ1n) is 17.6. The minimum absolute atomic E-state index is 0.0167. The van der Waals surface area contributed by atoms with Crippen LogP contribution < -0.4 is 0 Å². The zero-order valence-corrected chi connectivity index (χ0v) is 32.8. The lowest BCUT2D eigenvalue weighted by Crippen LogP contribution is -2.67. The van der Waals surface area contributed by atoms with Gasteiger partial charge in [0.25, 0.3) is 0 Å². The molecule has 0 aromatic heterocycles. The second kappa shape index (κ2) is 19.3. The summed E-state index contributed by atoms with van der Waals surface area (Å²) in [5.74, 6) is -6.79. The van der Waals surface area contributed by atoms with E-state index in [0.717, 1.165) is 48.5 Å². The molecule has 312 valence electrons. The molecule has 0 amide bonds. The van der Waals surface area contributed by atoms with Crippen molar-refractivity contribution in [1.82, 2.24) is 0 Å². The fraction of sp³-hybridized carbons (Fsp3) is 0.694. The molecule has 20 heteroatoms. The van der Waals surface area contributed by atoms with Gasteiger partial charge in [0.15, 0.2) is 48.8 Å². The van der Waals surface area contributed by atoms with Gasteiger partial charge in [0.1, 0.15) is 37.3 Å². The molecule has 2 aliphatic heterocycles. The number of esters is 7. The molecule has 10 atom stereocenters. The summed E-state index contributed by atoms with van der Waals surface area (Å²) < 4.78 is 56.6. The lowest BCUT2D eigenvalue weighted by molar-refractivity contribution is -0.344. The van der Waals surface area contributed by atoms with E-state index >= 15 is 0 Å². The highest BCUT2D eigenvalue weighted by Gasteiger charge is 2.57. The van der Waals surface area contributed by atoms with Crippen molar-refractivity contribution in [3.05, 3.63) is 11.3 Å². The first-order valence-corrected chi connectivity index (χ1v) is 17.6. The molecule has 3 rings (SSSR count). The molecule has 3 aliphatic rings. The van der Waals surface area contributed by atoms with E-state index in [1.54, 1.807) is 13.8 Å². The number of hydrogen-bond acceptors (Lipinski definition) is 20. The van der Waals surface area contributed by atoms with Crippen LogP contribution in [0.3, 0.4) is 0 Å². The van der Waals surface area contributed by atoms with Gasteiger partial charge >= 0.3 is 41.8 Å². The van der Waals surface area contributed by atoms with E-state index < -0.39 is 128 Å². The quantitative estimate of drug-likeness (QED) is 0.156. The zero-order valence-electron chi connectivity index (χ0n) is 32.8. The van der Waals surface area contributed by atoms with Crippen LogP contribution in [-0.4, -0.2) is 133 Å². The Morgan fingerprint density at radius 2 is 1.04 bits per heavy atom. The number of hydrogen-bond donors (Lipinski definition) is 1. The van der Waals surface area contributed by atoms with E-state index in [4.69, 9.17) is 47.4 Å². The van der Waals surface area contributed by atoms with Gasteiger partial charge in [-0.3, -0.25) is 43.3 Å². The SMILES string of the molecule is CC(=O)OC[C@H]1O[C@H](O[C@H]2[C@H](OC(C)=O)[C@@H](OC(C)=O)[C@H](N=C(C)C3=C(O)CC(C)(C)CC3=O)O[C@@H]2COC(C)=O)[C@H](OC(C)=O)[C@@H](OC(C)=O)[C@H]1OC(C)=O. The number of ether oxygens (including phenoxy) is 10. The molecular formula is C36H49NO19. The minimum atomic E-state index is -1.85. The zero-order chi connectivity index (χ0) is 42.2. The lowest BCUT2D eigenvalue weighted by atomic mass is 9.76. The molecule has 2 saturated heterocycles. The average molecular weight is 800 g/mol. The number of aliphatic hydroxyl groups excluding tert-OH is 1. The second-order valence-corrected chi connectivity index (χ2v) is 14.2. The van der Waals surface area contributed by atoms with Crippen LogP contribution in [0.4, 0.5) is 0 Å². The maximum absolute atomic E-state index is 13.2. The molecular weight excluding hydrogens is 750 g/mol. The number of nitrogens with zero attached hydrogens (tertiary/aromatic N) is 1. The van der Waals surface area contributed by atoms with Gasteiger partial charge in [0, 0.05) is 67.0 Å².